The summed E-state index contributed by atoms with van der Waals surface area (Å²) in [7, 11) is 0. The number of carbonyl (C=O) groups excluding carboxylic acids is 1. The van der Waals surface area contributed by atoms with Crippen LogP contribution in [0.5, 0.6) is 0 Å². The van der Waals surface area contributed by atoms with E-state index in [2.05, 4.69) is 4.90 Å². The average Bonchev–Trinajstić information content (AvgIpc) is 3.09. The van der Waals surface area contributed by atoms with Crippen molar-refractivity contribution < 1.29 is 19.1 Å². The molecule has 0 spiro atoms. The molecule has 112 valence electrons. The first-order valence-electron chi connectivity index (χ1n) is 7.34. The van der Waals surface area contributed by atoms with Gasteiger partial charge in [-0.3, -0.25) is 4.90 Å². The Bertz CT molecular complexity index is 423. The minimum atomic E-state index is -0.341. The average molecular weight is 281 g/mol. The molecule has 1 aromatic heterocycles. The van der Waals surface area contributed by atoms with Gasteiger partial charge in [-0.25, -0.2) is 4.79 Å². The largest absolute Gasteiger partial charge is 0.467 e. The SMILES string of the molecule is CCOC(=O)c1ccoc1CN(CCO)C1CCCC1. The van der Waals surface area contributed by atoms with E-state index in [-0.39, 0.29) is 12.6 Å². The van der Waals surface area contributed by atoms with Crippen molar-refractivity contribution in [3.63, 3.8) is 0 Å². The Morgan fingerprint density at radius 1 is 1.50 bits per heavy atom. The van der Waals surface area contributed by atoms with Gasteiger partial charge in [-0.2, -0.15) is 0 Å². The van der Waals surface area contributed by atoms with Gasteiger partial charge in [0.25, 0.3) is 0 Å². The maximum absolute atomic E-state index is 11.8. The van der Waals surface area contributed by atoms with Crippen LogP contribution in [0.4, 0.5) is 0 Å². The van der Waals surface area contributed by atoms with Gasteiger partial charge < -0.3 is 14.3 Å². The van der Waals surface area contributed by atoms with E-state index in [1.54, 1.807) is 13.0 Å². The predicted octanol–water partition coefficient (Wildman–Crippen LogP) is 2.19. The fourth-order valence-electron chi connectivity index (χ4n) is 2.83. The third-order valence-corrected chi connectivity index (χ3v) is 3.82. The Balaban J connectivity index is 2.06. The van der Waals surface area contributed by atoms with Gasteiger partial charge in [-0.05, 0) is 25.8 Å². The summed E-state index contributed by atoms with van der Waals surface area (Å²) in [5.74, 6) is 0.287. The first kappa shape index (κ1) is 15.1. The van der Waals surface area contributed by atoms with Crippen LogP contribution in [-0.2, 0) is 11.3 Å². The molecule has 5 nitrogen and oxygen atoms in total. The van der Waals surface area contributed by atoms with Gasteiger partial charge in [0.15, 0.2) is 0 Å². The summed E-state index contributed by atoms with van der Waals surface area (Å²) in [5.41, 5.74) is 0.493. The number of rotatable bonds is 7. The van der Waals surface area contributed by atoms with Gasteiger partial charge in [-0.15, -0.1) is 0 Å². The van der Waals surface area contributed by atoms with Gasteiger partial charge in [0.1, 0.15) is 11.3 Å². The van der Waals surface area contributed by atoms with Crippen LogP contribution >= 0.6 is 0 Å². The van der Waals surface area contributed by atoms with Crippen molar-refractivity contribution >= 4 is 5.97 Å². The molecule has 0 saturated heterocycles. The predicted molar refractivity (Wildman–Crippen MR) is 74.4 cm³/mol. The van der Waals surface area contributed by atoms with E-state index < -0.39 is 0 Å². The van der Waals surface area contributed by atoms with Crippen LogP contribution in [0, 0.1) is 0 Å². The van der Waals surface area contributed by atoms with Crippen LogP contribution in [0.15, 0.2) is 16.7 Å². The number of hydrogen-bond donors (Lipinski definition) is 1. The van der Waals surface area contributed by atoms with Crippen LogP contribution in [0.2, 0.25) is 0 Å². The van der Waals surface area contributed by atoms with Crippen molar-refractivity contribution in [2.24, 2.45) is 0 Å². The van der Waals surface area contributed by atoms with Crippen LogP contribution in [0.25, 0.3) is 0 Å². The molecular weight excluding hydrogens is 258 g/mol. The van der Waals surface area contributed by atoms with Crippen LogP contribution in [-0.4, -0.2) is 41.8 Å². The van der Waals surface area contributed by atoms with Crippen LogP contribution < -0.4 is 0 Å². The molecule has 2 rings (SSSR count). The molecule has 20 heavy (non-hydrogen) atoms. The Hall–Kier alpha value is -1.33. The molecule has 0 unspecified atom stereocenters. The lowest BCUT2D eigenvalue weighted by Crippen LogP contribution is -2.35. The molecule has 0 amide bonds. The highest BCUT2D eigenvalue weighted by atomic mass is 16.5. The summed E-state index contributed by atoms with van der Waals surface area (Å²) in [5, 5.41) is 9.22. The molecule has 1 fully saturated rings. The third kappa shape index (κ3) is 3.61. The number of aliphatic hydroxyl groups excluding tert-OH is 1. The highest BCUT2D eigenvalue weighted by Crippen LogP contribution is 2.25. The number of carbonyl (C=O) groups is 1. The molecule has 1 aliphatic carbocycles. The molecule has 1 N–H and O–H groups in total. The van der Waals surface area contributed by atoms with E-state index in [0.29, 0.717) is 37.1 Å². The zero-order valence-corrected chi connectivity index (χ0v) is 12.0. The normalized spacial score (nSPS) is 15.9. The summed E-state index contributed by atoms with van der Waals surface area (Å²) in [6.45, 7) is 3.41. The minimum Gasteiger partial charge on any atom is -0.467 e. The lowest BCUT2D eigenvalue weighted by molar-refractivity contribution is 0.0520. The zero-order valence-electron chi connectivity index (χ0n) is 12.0. The molecule has 1 aliphatic rings. The second kappa shape index (κ2) is 7.45. The lowest BCUT2D eigenvalue weighted by Gasteiger charge is -2.27. The van der Waals surface area contributed by atoms with Crippen molar-refractivity contribution in [2.45, 2.75) is 45.2 Å². The molecule has 0 atom stereocenters. The summed E-state index contributed by atoms with van der Waals surface area (Å²) >= 11 is 0. The van der Waals surface area contributed by atoms with Gasteiger partial charge in [0.05, 0.1) is 26.0 Å². The molecule has 5 heteroatoms. The molecule has 1 heterocycles. The van der Waals surface area contributed by atoms with Crippen molar-refractivity contribution in [2.75, 3.05) is 19.8 Å². The molecule has 1 aromatic rings. The Labute approximate surface area is 119 Å². The van der Waals surface area contributed by atoms with E-state index in [4.69, 9.17) is 9.15 Å². The number of furan rings is 1. The highest BCUT2D eigenvalue weighted by Gasteiger charge is 2.25. The Kier molecular flexibility index (Phi) is 5.61. The standard InChI is InChI=1S/C15H23NO4/c1-2-19-15(18)13-7-10-20-14(13)11-16(8-9-17)12-5-3-4-6-12/h7,10,12,17H,2-6,8-9,11H2,1H3. The van der Waals surface area contributed by atoms with Crippen molar-refractivity contribution in [1.82, 2.24) is 4.90 Å². The molecule has 0 bridgehead atoms. The summed E-state index contributed by atoms with van der Waals surface area (Å²) in [6.07, 6.45) is 6.28. The number of hydrogen-bond acceptors (Lipinski definition) is 5. The van der Waals surface area contributed by atoms with Crippen molar-refractivity contribution in [3.8, 4) is 0 Å². The highest BCUT2D eigenvalue weighted by molar-refractivity contribution is 5.90. The summed E-state index contributed by atoms with van der Waals surface area (Å²) in [4.78, 5) is 14.0. The minimum absolute atomic E-state index is 0.117. The molecule has 1 saturated carbocycles. The molecule has 0 aromatic carbocycles. The monoisotopic (exact) mass is 281 g/mol. The van der Waals surface area contributed by atoms with Crippen LogP contribution in [0.3, 0.4) is 0 Å². The fourth-order valence-corrected chi connectivity index (χ4v) is 2.83. The number of ether oxygens (including phenoxy) is 1. The van der Waals surface area contributed by atoms with E-state index in [0.717, 1.165) is 12.8 Å². The Morgan fingerprint density at radius 2 is 2.25 bits per heavy atom. The van der Waals surface area contributed by atoms with E-state index >= 15 is 0 Å². The molecular formula is C15H23NO4. The second-order valence-corrected chi connectivity index (χ2v) is 5.11. The van der Waals surface area contributed by atoms with E-state index in [1.807, 2.05) is 0 Å². The van der Waals surface area contributed by atoms with Gasteiger partial charge in [-0.1, -0.05) is 12.8 Å². The summed E-state index contributed by atoms with van der Waals surface area (Å²) in [6, 6.07) is 2.13. The smallest absolute Gasteiger partial charge is 0.341 e. The van der Waals surface area contributed by atoms with Gasteiger partial charge >= 0.3 is 5.97 Å². The van der Waals surface area contributed by atoms with Gasteiger partial charge in [0, 0.05) is 12.6 Å². The van der Waals surface area contributed by atoms with E-state index in [9.17, 15) is 9.90 Å². The summed E-state index contributed by atoms with van der Waals surface area (Å²) < 4.78 is 10.5. The van der Waals surface area contributed by atoms with Crippen molar-refractivity contribution in [3.05, 3.63) is 23.7 Å². The third-order valence-electron chi connectivity index (χ3n) is 3.82. The van der Waals surface area contributed by atoms with Crippen LogP contribution in [0.1, 0.15) is 48.7 Å². The first-order chi connectivity index (χ1) is 9.76. The first-order valence-corrected chi connectivity index (χ1v) is 7.34. The zero-order chi connectivity index (χ0) is 14.4. The second-order valence-electron chi connectivity index (χ2n) is 5.11. The van der Waals surface area contributed by atoms with Crippen molar-refractivity contribution in [1.29, 1.82) is 0 Å². The van der Waals surface area contributed by atoms with E-state index in [1.165, 1.54) is 19.1 Å². The quantitative estimate of drug-likeness (QED) is 0.776. The lowest BCUT2D eigenvalue weighted by atomic mass is 10.1. The fraction of sp³-hybridized carbons (Fsp3) is 0.667. The maximum atomic E-state index is 11.8. The van der Waals surface area contributed by atoms with Gasteiger partial charge in [0.2, 0.25) is 0 Å². The number of aliphatic hydroxyl groups is 1. The molecule has 0 aliphatic heterocycles. The maximum Gasteiger partial charge on any atom is 0.341 e. The Morgan fingerprint density at radius 3 is 2.90 bits per heavy atom. The number of nitrogens with zero attached hydrogens (tertiary/aromatic N) is 1. The number of esters is 1. The molecule has 0 radical (unpaired) electrons. The topological polar surface area (TPSA) is 62.9 Å².